The van der Waals surface area contributed by atoms with Crippen LogP contribution in [0.3, 0.4) is 0 Å². The molecule has 0 radical (unpaired) electrons. The van der Waals surface area contributed by atoms with E-state index in [1.807, 2.05) is 25.1 Å². The van der Waals surface area contributed by atoms with Crippen molar-refractivity contribution in [2.45, 2.75) is 26.2 Å². The Hall–Kier alpha value is -1.36. The lowest BCUT2D eigenvalue weighted by atomic mass is 9.94. The number of aliphatic carboxylic acids is 1. The van der Waals surface area contributed by atoms with Crippen LogP contribution in [-0.2, 0) is 4.79 Å². The molecule has 1 aliphatic heterocycles. The molecule has 2 rings (SSSR count). The Bertz CT molecular complexity index is 510. The van der Waals surface area contributed by atoms with Gasteiger partial charge in [-0.05, 0) is 49.4 Å². The first-order valence-corrected chi connectivity index (χ1v) is 7.53. The summed E-state index contributed by atoms with van der Waals surface area (Å²) < 4.78 is 0.889. The zero-order valence-electron chi connectivity index (χ0n) is 11.4. The van der Waals surface area contributed by atoms with Crippen LogP contribution in [0.4, 0.5) is 0 Å². The lowest BCUT2D eigenvalue weighted by molar-refractivity contribution is -0.138. The van der Waals surface area contributed by atoms with Gasteiger partial charge < -0.3 is 10.0 Å². The van der Waals surface area contributed by atoms with Gasteiger partial charge in [-0.15, -0.1) is 0 Å². The van der Waals surface area contributed by atoms with Crippen molar-refractivity contribution in [2.75, 3.05) is 13.1 Å². The van der Waals surface area contributed by atoms with E-state index in [9.17, 15) is 9.59 Å². The predicted octanol–water partition coefficient (Wildman–Crippen LogP) is 3.08. The Morgan fingerprint density at radius 2 is 2.15 bits per heavy atom. The molecule has 0 saturated carbocycles. The average molecular weight is 340 g/mol. The van der Waals surface area contributed by atoms with Crippen molar-refractivity contribution in [1.29, 1.82) is 0 Å². The molecule has 1 amide bonds. The van der Waals surface area contributed by atoms with E-state index in [1.54, 1.807) is 4.90 Å². The van der Waals surface area contributed by atoms with Crippen molar-refractivity contribution in [3.05, 3.63) is 33.8 Å². The molecule has 1 aromatic rings. The molecule has 1 unspecified atom stereocenters. The highest BCUT2D eigenvalue weighted by Gasteiger charge is 2.26. The van der Waals surface area contributed by atoms with E-state index in [0.717, 1.165) is 22.9 Å². The van der Waals surface area contributed by atoms with E-state index in [0.29, 0.717) is 18.7 Å². The summed E-state index contributed by atoms with van der Waals surface area (Å²) in [4.78, 5) is 25.1. The van der Waals surface area contributed by atoms with E-state index in [-0.39, 0.29) is 18.2 Å². The molecule has 0 bridgehead atoms. The van der Waals surface area contributed by atoms with E-state index in [4.69, 9.17) is 5.11 Å². The summed E-state index contributed by atoms with van der Waals surface area (Å²) in [5, 5.41) is 8.87. The van der Waals surface area contributed by atoms with Gasteiger partial charge >= 0.3 is 5.97 Å². The topological polar surface area (TPSA) is 57.6 Å². The number of carboxylic acids is 1. The van der Waals surface area contributed by atoms with Gasteiger partial charge in [0.05, 0.1) is 0 Å². The standard InChI is InChI=1S/C15H18BrNO3/c1-10-5-12(8-13(16)6-10)15(20)17-4-2-3-11(9-17)7-14(18)19/h5-6,8,11H,2-4,7,9H2,1H3,(H,18,19). The van der Waals surface area contributed by atoms with Crippen molar-refractivity contribution in [3.63, 3.8) is 0 Å². The smallest absolute Gasteiger partial charge is 0.303 e. The summed E-state index contributed by atoms with van der Waals surface area (Å²) in [6.07, 6.45) is 1.89. The van der Waals surface area contributed by atoms with Gasteiger partial charge in [-0.2, -0.15) is 0 Å². The second-order valence-corrected chi connectivity index (χ2v) is 6.29. The van der Waals surface area contributed by atoms with Gasteiger partial charge in [-0.3, -0.25) is 9.59 Å². The molecule has 0 aromatic heterocycles. The first kappa shape index (κ1) is 15.0. The minimum Gasteiger partial charge on any atom is -0.481 e. The summed E-state index contributed by atoms with van der Waals surface area (Å²) >= 11 is 3.40. The van der Waals surface area contributed by atoms with Crippen LogP contribution in [0.1, 0.15) is 35.2 Å². The number of carbonyl (C=O) groups is 2. The monoisotopic (exact) mass is 339 g/mol. The Morgan fingerprint density at radius 1 is 1.40 bits per heavy atom. The van der Waals surface area contributed by atoms with Gasteiger partial charge in [-0.1, -0.05) is 15.9 Å². The first-order chi connectivity index (χ1) is 9.45. The minimum absolute atomic E-state index is 0.00973. The molecule has 1 N–H and O–H groups in total. The van der Waals surface area contributed by atoms with Gasteiger partial charge in [0.2, 0.25) is 0 Å². The maximum Gasteiger partial charge on any atom is 0.303 e. The molecule has 0 aliphatic carbocycles. The fourth-order valence-corrected chi connectivity index (χ4v) is 3.31. The van der Waals surface area contributed by atoms with Crippen molar-refractivity contribution in [1.82, 2.24) is 4.90 Å². The molecule has 1 aliphatic rings. The number of hydrogen-bond acceptors (Lipinski definition) is 2. The quantitative estimate of drug-likeness (QED) is 0.920. The van der Waals surface area contributed by atoms with Crippen LogP contribution in [0.2, 0.25) is 0 Å². The average Bonchev–Trinajstić information content (AvgIpc) is 2.36. The Morgan fingerprint density at radius 3 is 2.80 bits per heavy atom. The molecule has 1 saturated heterocycles. The lowest BCUT2D eigenvalue weighted by Gasteiger charge is -2.32. The van der Waals surface area contributed by atoms with Crippen LogP contribution >= 0.6 is 15.9 Å². The Balaban J connectivity index is 2.10. The molecule has 1 aromatic carbocycles. The number of carbonyl (C=O) groups excluding carboxylic acids is 1. The maximum absolute atomic E-state index is 12.5. The van der Waals surface area contributed by atoms with Gasteiger partial charge in [0.25, 0.3) is 5.91 Å². The van der Waals surface area contributed by atoms with Crippen LogP contribution in [0.25, 0.3) is 0 Å². The predicted molar refractivity (Wildman–Crippen MR) is 79.8 cm³/mol. The molecule has 20 heavy (non-hydrogen) atoms. The third-order valence-electron chi connectivity index (χ3n) is 3.56. The van der Waals surface area contributed by atoms with E-state index >= 15 is 0 Å². The second-order valence-electron chi connectivity index (χ2n) is 5.37. The van der Waals surface area contributed by atoms with E-state index < -0.39 is 5.97 Å². The van der Waals surface area contributed by atoms with Crippen molar-refractivity contribution < 1.29 is 14.7 Å². The highest BCUT2D eigenvalue weighted by molar-refractivity contribution is 9.10. The molecule has 4 nitrogen and oxygen atoms in total. The first-order valence-electron chi connectivity index (χ1n) is 6.74. The molecule has 1 heterocycles. The van der Waals surface area contributed by atoms with Crippen LogP contribution in [-0.4, -0.2) is 35.0 Å². The van der Waals surface area contributed by atoms with Crippen molar-refractivity contribution in [2.24, 2.45) is 5.92 Å². The molecular formula is C15H18BrNO3. The van der Waals surface area contributed by atoms with Crippen LogP contribution in [0, 0.1) is 12.8 Å². The highest BCUT2D eigenvalue weighted by Crippen LogP contribution is 2.23. The summed E-state index contributed by atoms with van der Waals surface area (Å²) in [5.41, 5.74) is 1.69. The third-order valence-corrected chi connectivity index (χ3v) is 4.02. The summed E-state index contributed by atoms with van der Waals surface area (Å²) in [7, 11) is 0. The number of amides is 1. The molecule has 1 atom stereocenters. The highest BCUT2D eigenvalue weighted by atomic mass is 79.9. The van der Waals surface area contributed by atoms with E-state index in [1.165, 1.54) is 0 Å². The third kappa shape index (κ3) is 3.82. The number of likely N-dealkylation sites (tertiary alicyclic amines) is 1. The van der Waals surface area contributed by atoms with Crippen LogP contribution < -0.4 is 0 Å². The Labute approximate surface area is 126 Å². The molecular weight excluding hydrogens is 322 g/mol. The lowest BCUT2D eigenvalue weighted by Crippen LogP contribution is -2.40. The molecule has 0 spiro atoms. The maximum atomic E-state index is 12.5. The van der Waals surface area contributed by atoms with Gasteiger partial charge in [0.1, 0.15) is 0 Å². The SMILES string of the molecule is Cc1cc(Br)cc(C(=O)N2CCCC(CC(=O)O)C2)c1. The number of aryl methyl sites for hydroxylation is 1. The second kappa shape index (κ2) is 6.39. The number of nitrogens with zero attached hydrogens (tertiary/aromatic N) is 1. The fourth-order valence-electron chi connectivity index (χ4n) is 2.71. The number of halogens is 1. The van der Waals surface area contributed by atoms with Crippen molar-refractivity contribution >= 4 is 27.8 Å². The van der Waals surface area contributed by atoms with Gasteiger partial charge in [-0.25, -0.2) is 0 Å². The Kier molecular flexibility index (Phi) is 4.81. The van der Waals surface area contributed by atoms with Crippen molar-refractivity contribution in [3.8, 4) is 0 Å². The summed E-state index contributed by atoms with van der Waals surface area (Å²) in [6.45, 7) is 3.20. The molecule has 108 valence electrons. The minimum atomic E-state index is -0.789. The summed E-state index contributed by atoms with van der Waals surface area (Å²) in [6, 6.07) is 5.64. The number of carboxylic acid groups (broad SMARTS) is 1. The fraction of sp³-hybridized carbons (Fsp3) is 0.467. The zero-order chi connectivity index (χ0) is 14.7. The normalized spacial score (nSPS) is 18.9. The molecule has 1 fully saturated rings. The number of rotatable bonds is 3. The van der Waals surface area contributed by atoms with Crippen LogP contribution in [0.15, 0.2) is 22.7 Å². The van der Waals surface area contributed by atoms with E-state index in [2.05, 4.69) is 15.9 Å². The van der Waals surface area contributed by atoms with Gasteiger partial charge in [0, 0.05) is 29.5 Å². The summed E-state index contributed by atoms with van der Waals surface area (Å²) in [5.74, 6) is -0.731. The largest absolute Gasteiger partial charge is 0.481 e. The number of benzene rings is 1. The molecule has 5 heteroatoms. The van der Waals surface area contributed by atoms with Gasteiger partial charge in [0.15, 0.2) is 0 Å². The number of piperidine rings is 1. The number of hydrogen-bond donors (Lipinski definition) is 1. The van der Waals surface area contributed by atoms with Crippen LogP contribution in [0.5, 0.6) is 0 Å². The zero-order valence-corrected chi connectivity index (χ0v) is 13.0.